The van der Waals surface area contributed by atoms with Crippen molar-refractivity contribution in [3.8, 4) is 5.88 Å². The van der Waals surface area contributed by atoms with Crippen molar-refractivity contribution in [2.75, 3.05) is 31.6 Å². The lowest BCUT2D eigenvalue weighted by molar-refractivity contribution is -0.125. The van der Waals surface area contributed by atoms with Gasteiger partial charge in [0.25, 0.3) is 0 Å². The first-order valence-electron chi connectivity index (χ1n) is 12.4. The number of aryl methyl sites for hydroxylation is 1. The van der Waals surface area contributed by atoms with Gasteiger partial charge in [0.1, 0.15) is 6.73 Å². The Kier molecular flexibility index (Phi) is 7.79. The number of carbonyl (C=O) groups is 1. The van der Waals surface area contributed by atoms with Crippen molar-refractivity contribution < 1.29 is 14.3 Å². The number of carbonyl (C=O) groups excluding carboxylic acids is 1. The summed E-state index contributed by atoms with van der Waals surface area (Å²) in [5.74, 6) is 1.43. The van der Waals surface area contributed by atoms with Gasteiger partial charge in [0.15, 0.2) is 5.65 Å². The lowest BCUT2D eigenvalue weighted by Gasteiger charge is -2.17. The van der Waals surface area contributed by atoms with Crippen molar-refractivity contribution >= 4 is 36.7 Å². The lowest BCUT2D eigenvalue weighted by atomic mass is 9.99. The van der Waals surface area contributed by atoms with Gasteiger partial charge >= 0.3 is 0 Å². The van der Waals surface area contributed by atoms with Crippen LogP contribution < -0.4 is 10.1 Å². The molecule has 3 aromatic heterocycles. The topological polar surface area (TPSA) is 99.3 Å². The van der Waals surface area contributed by atoms with E-state index in [9.17, 15) is 4.79 Å². The maximum Gasteiger partial charge on any atom is 0.245 e. The fraction of sp³-hybridized carbons (Fsp3) is 0.520. The van der Waals surface area contributed by atoms with Gasteiger partial charge in [-0.3, -0.25) is 9.48 Å². The molecule has 0 bridgehead atoms. The molecule has 3 aromatic rings. The Hall–Kier alpha value is -3.18. The summed E-state index contributed by atoms with van der Waals surface area (Å²) in [5, 5.41) is 8.26. The summed E-state index contributed by atoms with van der Waals surface area (Å²) in [6, 6.07) is 3.07. The Labute approximate surface area is 213 Å². The monoisotopic (exact) mass is 511 g/mol. The largest absolute Gasteiger partial charge is 0.477 e. The van der Waals surface area contributed by atoms with Gasteiger partial charge in [0, 0.05) is 53.1 Å². The zero-order valence-electron chi connectivity index (χ0n) is 21.9. The number of hydrogen-bond donors (Lipinski definition) is 1. The molecule has 11 heteroatoms. The number of anilines is 2. The second kappa shape index (κ2) is 10.8. The molecule has 1 N–H and O–H groups in total. The molecule has 0 spiro atoms. The number of likely N-dealkylation sites (tertiary alicyclic amines) is 1. The quantitative estimate of drug-likeness (QED) is 0.237. The normalized spacial score (nSPS) is 18.1. The Morgan fingerprint density at radius 3 is 2.81 bits per heavy atom. The van der Waals surface area contributed by atoms with Crippen LogP contribution in [0.2, 0.25) is 25.7 Å². The number of nitrogens with zero attached hydrogens (tertiary/aromatic N) is 6. The highest BCUT2D eigenvalue weighted by atomic mass is 28.3. The smallest absolute Gasteiger partial charge is 0.245 e. The van der Waals surface area contributed by atoms with Gasteiger partial charge in [-0.25, -0.2) is 0 Å². The zero-order chi connectivity index (χ0) is 25.9. The van der Waals surface area contributed by atoms with Crippen molar-refractivity contribution in [2.24, 2.45) is 18.9 Å². The second-order valence-electron chi connectivity index (χ2n) is 10.7. The molecular weight excluding hydrogens is 474 g/mol. The Morgan fingerprint density at radius 2 is 2.11 bits per heavy atom. The van der Waals surface area contributed by atoms with E-state index in [2.05, 4.69) is 48.5 Å². The van der Waals surface area contributed by atoms with Crippen molar-refractivity contribution in [3.63, 3.8) is 0 Å². The Balaban J connectivity index is 1.54. The van der Waals surface area contributed by atoms with Crippen molar-refractivity contribution in [3.05, 3.63) is 37.3 Å². The minimum absolute atomic E-state index is 0.0389. The molecule has 1 fully saturated rings. The molecule has 1 aliphatic heterocycles. The Bertz CT molecular complexity index is 1220. The molecule has 0 saturated carbocycles. The number of ether oxygens (including phenoxy) is 2. The molecule has 4 heterocycles. The molecule has 194 valence electrons. The van der Waals surface area contributed by atoms with Gasteiger partial charge in [0.05, 0.1) is 23.9 Å². The molecule has 2 atom stereocenters. The number of fused-ring (bicyclic) bond motifs is 1. The third-order valence-electron chi connectivity index (χ3n) is 6.46. The third kappa shape index (κ3) is 6.32. The summed E-state index contributed by atoms with van der Waals surface area (Å²) in [6.07, 6.45) is 6.90. The van der Waals surface area contributed by atoms with Crippen LogP contribution in [-0.2, 0) is 23.3 Å². The first-order chi connectivity index (χ1) is 17.1. The molecule has 0 radical (unpaired) electrons. The van der Waals surface area contributed by atoms with Gasteiger partial charge in [-0.15, -0.1) is 0 Å². The second-order valence-corrected chi connectivity index (χ2v) is 16.4. The average Bonchev–Trinajstić information content (AvgIpc) is 3.52. The minimum atomic E-state index is -1.16. The number of aromatic nitrogens is 5. The maximum atomic E-state index is 12.1. The van der Waals surface area contributed by atoms with Crippen molar-refractivity contribution in [1.29, 1.82) is 0 Å². The van der Waals surface area contributed by atoms with Crippen LogP contribution in [-0.4, -0.2) is 69.5 Å². The zero-order valence-corrected chi connectivity index (χ0v) is 22.9. The number of amides is 1. The predicted molar refractivity (Wildman–Crippen MR) is 143 cm³/mol. The van der Waals surface area contributed by atoms with Crippen LogP contribution in [0.4, 0.5) is 11.6 Å². The van der Waals surface area contributed by atoms with E-state index in [-0.39, 0.29) is 11.8 Å². The fourth-order valence-corrected chi connectivity index (χ4v) is 4.97. The fourth-order valence-electron chi connectivity index (χ4n) is 4.21. The molecule has 36 heavy (non-hydrogen) atoms. The highest BCUT2D eigenvalue weighted by Crippen LogP contribution is 2.29. The van der Waals surface area contributed by atoms with Crippen LogP contribution in [0.25, 0.3) is 11.0 Å². The highest BCUT2D eigenvalue weighted by Gasteiger charge is 2.32. The molecule has 1 saturated heterocycles. The van der Waals surface area contributed by atoms with Crippen LogP contribution in [0.15, 0.2) is 37.3 Å². The molecule has 0 unspecified atom stereocenters. The predicted octanol–water partition coefficient (Wildman–Crippen LogP) is 3.88. The summed E-state index contributed by atoms with van der Waals surface area (Å²) < 4.78 is 15.9. The van der Waals surface area contributed by atoms with Crippen molar-refractivity contribution in [1.82, 2.24) is 29.2 Å². The summed E-state index contributed by atoms with van der Waals surface area (Å²) in [6.45, 7) is 15.7. The van der Waals surface area contributed by atoms with E-state index < -0.39 is 8.07 Å². The summed E-state index contributed by atoms with van der Waals surface area (Å²) >= 11 is 0. The number of nitrogens with one attached hydrogen (secondary N) is 1. The SMILES string of the molecule is C=CC(=O)N1C[C@@H](COc2nc(Nc3cnn(C)c3)nc3c2ccn3COCC[Si](C)(C)C)[C@H](C)C1. The van der Waals surface area contributed by atoms with Gasteiger partial charge in [-0.1, -0.05) is 33.1 Å². The first-order valence-corrected chi connectivity index (χ1v) is 16.1. The molecule has 1 amide bonds. The molecular formula is C25H37N7O3Si. The van der Waals surface area contributed by atoms with Crippen LogP contribution in [0.5, 0.6) is 5.88 Å². The van der Waals surface area contributed by atoms with Crippen molar-refractivity contribution in [2.45, 2.75) is 39.3 Å². The Morgan fingerprint density at radius 1 is 1.31 bits per heavy atom. The number of rotatable bonds is 11. The van der Waals surface area contributed by atoms with Gasteiger partial charge in [-0.05, 0) is 24.1 Å². The van der Waals surface area contributed by atoms with E-state index in [4.69, 9.17) is 14.5 Å². The van der Waals surface area contributed by atoms with E-state index in [1.807, 2.05) is 35.0 Å². The van der Waals surface area contributed by atoms with Gasteiger partial charge in [-0.2, -0.15) is 15.1 Å². The highest BCUT2D eigenvalue weighted by molar-refractivity contribution is 6.76. The van der Waals surface area contributed by atoms with Gasteiger partial charge in [0.2, 0.25) is 17.7 Å². The molecule has 4 rings (SSSR count). The standard InChI is InChI=1S/C25H37N7O3Si/c1-7-22(33)32-13-18(2)19(14-32)16-35-24-21-8-9-31(17-34-10-11-36(4,5)6)23(21)28-25(29-24)27-20-12-26-30(3)15-20/h7-9,12,15,18-19H,1,10-11,13-14,16-17H2,2-6H3,(H,27,28,29)/t18-,19+/m1/s1. The van der Waals surface area contributed by atoms with E-state index >= 15 is 0 Å². The van der Waals surface area contributed by atoms with Crippen LogP contribution in [0.1, 0.15) is 6.92 Å². The average molecular weight is 512 g/mol. The van der Waals surface area contributed by atoms with E-state index in [1.165, 1.54) is 6.08 Å². The van der Waals surface area contributed by atoms with Crippen LogP contribution in [0, 0.1) is 11.8 Å². The van der Waals surface area contributed by atoms with E-state index in [0.717, 1.165) is 29.4 Å². The summed E-state index contributed by atoms with van der Waals surface area (Å²) in [4.78, 5) is 23.3. The van der Waals surface area contributed by atoms with Crippen LogP contribution >= 0.6 is 0 Å². The van der Waals surface area contributed by atoms with Crippen LogP contribution in [0.3, 0.4) is 0 Å². The molecule has 0 aliphatic carbocycles. The molecule has 1 aliphatic rings. The number of hydrogen-bond acceptors (Lipinski definition) is 7. The third-order valence-corrected chi connectivity index (χ3v) is 8.16. The summed E-state index contributed by atoms with van der Waals surface area (Å²) in [7, 11) is 0.693. The lowest BCUT2D eigenvalue weighted by Crippen LogP contribution is -2.27. The van der Waals surface area contributed by atoms with Gasteiger partial charge < -0.3 is 24.3 Å². The minimum Gasteiger partial charge on any atom is -0.477 e. The molecule has 0 aromatic carbocycles. The van der Waals surface area contributed by atoms with E-state index in [0.29, 0.717) is 44.2 Å². The van der Waals surface area contributed by atoms with E-state index in [1.54, 1.807) is 10.9 Å². The molecule has 10 nitrogen and oxygen atoms in total. The first kappa shape index (κ1) is 25.9. The summed E-state index contributed by atoms with van der Waals surface area (Å²) in [5.41, 5.74) is 1.53. The maximum absolute atomic E-state index is 12.1.